The minimum Gasteiger partial charge on any atom is -0.351 e. The van der Waals surface area contributed by atoms with Crippen molar-refractivity contribution in [3.8, 4) is 0 Å². The van der Waals surface area contributed by atoms with E-state index < -0.39 is 9.84 Å². The van der Waals surface area contributed by atoms with E-state index in [0.717, 1.165) is 5.69 Å². The molecule has 1 aliphatic heterocycles. The van der Waals surface area contributed by atoms with Crippen molar-refractivity contribution in [3.05, 3.63) is 17.5 Å². The summed E-state index contributed by atoms with van der Waals surface area (Å²) in [6, 6.07) is -0.154. The Kier molecular flexibility index (Phi) is 4.15. The molecule has 1 aliphatic rings. The molecule has 0 aliphatic carbocycles. The summed E-state index contributed by atoms with van der Waals surface area (Å²) in [6.45, 7) is 8.53. The highest BCUT2D eigenvalue weighted by molar-refractivity contribution is 7.91. The molecule has 1 aromatic rings. The lowest BCUT2D eigenvalue weighted by Gasteiger charge is -2.18. The highest BCUT2D eigenvalue weighted by atomic mass is 32.2. The topological polar surface area (TPSA) is 81.1 Å². The van der Waals surface area contributed by atoms with Gasteiger partial charge < -0.3 is 5.32 Å². The van der Waals surface area contributed by atoms with Gasteiger partial charge in [-0.2, -0.15) is 5.10 Å². The molecule has 0 radical (unpaired) electrons. The Bertz CT molecular complexity index is 641. The van der Waals surface area contributed by atoms with Gasteiger partial charge in [-0.15, -0.1) is 0 Å². The third kappa shape index (κ3) is 3.84. The van der Waals surface area contributed by atoms with Crippen LogP contribution in [-0.4, -0.2) is 42.2 Å². The van der Waals surface area contributed by atoms with E-state index in [-0.39, 0.29) is 28.9 Å². The average molecular weight is 313 g/mol. The third-order valence-electron chi connectivity index (χ3n) is 3.62. The summed E-state index contributed by atoms with van der Waals surface area (Å²) < 4.78 is 24.8. The Labute approximate surface area is 125 Å². The molecule has 6 nitrogen and oxygen atoms in total. The second-order valence-corrected chi connectivity index (χ2v) is 9.12. The number of hydrogen-bond donors (Lipinski definition) is 1. The quantitative estimate of drug-likeness (QED) is 0.912. The zero-order valence-electron chi connectivity index (χ0n) is 13.0. The van der Waals surface area contributed by atoms with Crippen LogP contribution in [0, 0.1) is 12.3 Å². The maximum absolute atomic E-state index is 12.2. The van der Waals surface area contributed by atoms with Crippen molar-refractivity contribution < 1.29 is 13.2 Å². The lowest BCUT2D eigenvalue weighted by molar-refractivity contribution is 0.0938. The molecular formula is C14H23N3O3S. The van der Waals surface area contributed by atoms with Gasteiger partial charge in [-0.3, -0.25) is 9.48 Å². The zero-order valence-corrected chi connectivity index (χ0v) is 13.8. The minimum absolute atomic E-state index is 0.0130. The van der Waals surface area contributed by atoms with Crippen LogP contribution in [0.25, 0.3) is 0 Å². The fourth-order valence-electron chi connectivity index (χ4n) is 2.42. The molecule has 2 heterocycles. The standard InChI is InChI=1S/C14H23N3O3S/c1-10-12(13(18)15-9-14(2,3)4)7-16-17(10)11-5-6-21(19,20)8-11/h7,11H,5-6,8-9H2,1-4H3,(H,15,18)/t11-/m0/s1. The first-order chi connectivity index (χ1) is 9.59. The number of nitrogens with one attached hydrogen (secondary N) is 1. The Morgan fingerprint density at radius 2 is 2.14 bits per heavy atom. The van der Waals surface area contributed by atoms with Crippen LogP contribution in [0.3, 0.4) is 0 Å². The Morgan fingerprint density at radius 1 is 1.48 bits per heavy atom. The number of amides is 1. The molecule has 1 saturated heterocycles. The van der Waals surface area contributed by atoms with Crippen molar-refractivity contribution in [2.24, 2.45) is 5.41 Å². The van der Waals surface area contributed by atoms with Crippen LogP contribution >= 0.6 is 0 Å². The molecule has 118 valence electrons. The van der Waals surface area contributed by atoms with Crippen molar-refractivity contribution in [1.82, 2.24) is 15.1 Å². The van der Waals surface area contributed by atoms with Crippen LogP contribution in [0.1, 0.15) is 49.3 Å². The average Bonchev–Trinajstić information content (AvgIpc) is 2.88. The van der Waals surface area contributed by atoms with Crippen molar-refractivity contribution >= 4 is 15.7 Å². The second kappa shape index (κ2) is 5.44. The molecule has 7 heteroatoms. The maximum atomic E-state index is 12.2. The highest BCUT2D eigenvalue weighted by Gasteiger charge is 2.31. The fraction of sp³-hybridized carbons (Fsp3) is 0.714. The summed E-state index contributed by atoms with van der Waals surface area (Å²) in [4.78, 5) is 12.2. The number of rotatable bonds is 3. The summed E-state index contributed by atoms with van der Waals surface area (Å²) >= 11 is 0. The van der Waals surface area contributed by atoms with E-state index in [1.54, 1.807) is 4.68 Å². The number of aromatic nitrogens is 2. The zero-order chi connectivity index (χ0) is 15.8. The number of nitrogens with zero attached hydrogens (tertiary/aromatic N) is 2. The van der Waals surface area contributed by atoms with E-state index in [2.05, 4.69) is 10.4 Å². The predicted octanol–water partition coefficient (Wildman–Crippen LogP) is 1.33. The molecule has 0 bridgehead atoms. The molecule has 1 atom stereocenters. The number of sulfone groups is 1. The Balaban J connectivity index is 2.12. The van der Waals surface area contributed by atoms with E-state index in [1.807, 2.05) is 27.7 Å². The summed E-state index contributed by atoms with van der Waals surface area (Å²) in [5, 5.41) is 7.11. The predicted molar refractivity (Wildman–Crippen MR) is 81.1 cm³/mol. The van der Waals surface area contributed by atoms with E-state index in [4.69, 9.17) is 0 Å². The van der Waals surface area contributed by atoms with Crippen LogP contribution in [0.4, 0.5) is 0 Å². The van der Waals surface area contributed by atoms with Gasteiger partial charge in [0.25, 0.3) is 5.91 Å². The highest BCUT2D eigenvalue weighted by Crippen LogP contribution is 2.25. The van der Waals surface area contributed by atoms with Gasteiger partial charge in [0.15, 0.2) is 9.84 Å². The molecule has 1 aromatic heterocycles. The van der Waals surface area contributed by atoms with E-state index in [0.29, 0.717) is 18.5 Å². The largest absolute Gasteiger partial charge is 0.351 e. The van der Waals surface area contributed by atoms with Gasteiger partial charge in [0.1, 0.15) is 0 Å². The molecule has 0 spiro atoms. The lowest BCUT2D eigenvalue weighted by Crippen LogP contribution is -2.32. The van der Waals surface area contributed by atoms with Crippen LogP contribution in [0.15, 0.2) is 6.20 Å². The molecule has 1 N–H and O–H groups in total. The van der Waals surface area contributed by atoms with E-state index >= 15 is 0 Å². The molecule has 21 heavy (non-hydrogen) atoms. The van der Waals surface area contributed by atoms with Gasteiger partial charge >= 0.3 is 0 Å². The lowest BCUT2D eigenvalue weighted by atomic mass is 9.97. The summed E-state index contributed by atoms with van der Waals surface area (Å²) in [5.74, 6) is 0.149. The van der Waals surface area contributed by atoms with Crippen molar-refractivity contribution in [2.75, 3.05) is 18.1 Å². The van der Waals surface area contributed by atoms with Crippen LogP contribution in [0.5, 0.6) is 0 Å². The third-order valence-corrected chi connectivity index (χ3v) is 5.37. The van der Waals surface area contributed by atoms with Crippen LogP contribution < -0.4 is 5.32 Å². The van der Waals surface area contributed by atoms with Gasteiger partial charge in [0, 0.05) is 12.2 Å². The molecule has 1 amide bonds. The van der Waals surface area contributed by atoms with Gasteiger partial charge in [-0.25, -0.2) is 8.42 Å². The SMILES string of the molecule is Cc1c(C(=O)NCC(C)(C)C)cnn1[C@H]1CCS(=O)(=O)C1. The molecule has 0 aromatic carbocycles. The van der Waals surface area contributed by atoms with Gasteiger partial charge in [0.05, 0.1) is 29.3 Å². The van der Waals surface area contributed by atoms with E-state index in [9.17, 15) is 13.2 Å². The van der Waals surface area contributed by atoms with Crippen molar-refractivity contribution in [2.45, 2.75) is 40.2 Å². The monoisotopic (exact) mass is 313 g/mol. The normalized spacial score (nSPS) is 21.4. The number of carbonyl (C=O) groups is 1. The minimum atomic E-state index is -2.96. The molecule has 2 rings (SSSR count). The summed E-state index contributed by atoms with van der Waals surface area (Å²) in [6.07, 6.45) is 2.09. The summed E-state index contributed by atoms with van der Waals surface area (Å²) in [7, 11) is -2.96. The number of carbonyl (C=O) groups excluding carboxylic acids is 1. The van der Waals surface area contributed by atoms with Crippen LogP contribution in [-0.2, 0) is 9.84 Å². The molecule has 0 unspecified atom stereocenters. The van der Waals surface area contributed by atoms with Gasteiger partial charge in [0.2, 0.25) is 0 Å². The second-order valence-electron chi connectivity index (χ2n) is 6.89. The first-order valence-corrected chi connectivity index (χ1v) is 8.94. The van der Waals surface area contributed by atoms with Gasteiger partial charge in [-0.1, -0.05) is 20.8 Å². The number of hydrogen-bond acceptors (Lipinski definition) is 4. The smallest absolute Gasteiger partial charge is 0.254 e. The molecule has 1 fully saturated rings. The van der Waals surface area contributed by atoms with Crippen molar-refractivity contribution in [1.29, 1.82) is 0 Å². The van der Waals surface area contributed by atoms with Gasteiger partial charge in [-0.05, 0) is 18.8 Å². The Hall–Kier alpha value is -1.37. The molecule has 0 saturated carbocycles. The van der Waals surface area contributed by atoms with Crippen LogP contribution in [0.2, 0.25) is 0 Å². The first-order valence-electron chi connectivity index (χ1n) is 7.12. The van der Waals surface area contributed by atoms with E-state index in [1.165, 1.54) is 6.20 Å². The Morgan fingerprint density at radius 3 is 2.67 bits per heavy atom. The first kappa shape index (κ1) is 16.0. The fourth-order valence-corrected chi connectivity index (χ4v) is 4.12. The maximum Gasteiger partial charge on any atom is 0.254 e. The summed E-state index contributed by atoms with van der Waals surface area (Å²) in [5.41, 5.74) is 1.26. The molecular weight excluding hydrogens is 290 g/mol. The van der Waals surface area contributed by atoms with Crippen molar-refractivity contribution in [3.63, 3.8) is 0 Å².